The number of hydrogen-bond acceptors (Lipinski definition) is 8. The molecule has 3 aromatic rings. The molecule has 1 saturated heterocycles. The normalized spacial score (nSPS) is 15.0. The van der Waals surface area contributed by atoms with Gasteiger partial charge < -0.3 is 15.8 Å². The predicted molar refractivity (Wildman–Crippen MR) is 122 cm³/mol. The van der Waals surface area contributed by atoms with Crippen LogP contribution in [0.4, 0.5) is 17.6 Å². The maximum atomic E-state index is 5.94. The number of para-hydroxylation sites is 2. The van der Waals surface area contributed by atoms with Crippen LogP contribution in [0.5, 0.6) is 5.75 Å². The number of piperazine rings is 1. The molecule has 8 nitrogen and oxygen atoms in total. The van der Waals surface area contributed by atoms with E-state index in [1.54, 1.807) is 0 Å². The van der Waals surface area contributed by atoms with Crippen LogP contribution in [-0.2, 0) is 6.54 Å². The number of aromatic nitrogens is 3. The third-order valence-corrected chi connectivity index (χ3v) is 5.34. The van der Waals surface area contributed by atoms with Crippen LogP contribution in [0.15, 0.2) is 54.6 Å². The fourth-order valence-corrected chi connectivity index (χ4v) is 3.58. The Morgan fingerprint density at radius 2 is 1.61 bits per heavy atom. The lowest BCUT2D eigenvalue weighted by Crippen LogP contribution is -2.47. The molecule has 0 spiro atoms. The lowest BCUT2D eigenvalue weighted by Gasteiger charge is -2.34. The van der Waals surface area contributed by atoms with Gasteiger partial charge in [-0.2, -0.15) is 15.0 Å². The standard InChI is InChI=1S/C23H29N7O/c1-18-7-5-6-10-20(18)25-23-27-21(26-22(24)28-23)17-30-13-11-29(12-14-30)15-16-31-19-8-3-2-4-9-19/h2-10H,11-17H2,1H3,(H3,24,25,26,27,28). The van der Waals surface area contributed by atoms with Crippen molar-refractivity contribution in [2.45, 2.75) is 13.5 Å². The highest BCUT2D eigenvalue weighted by Crippen LogP contribution is 2.18. The molecule has 0 bridgehead atoms. The molecule has 4 rings (SSSR count). The molecule has 0 unspecified atom stereocenters. The Morgan fingerprint density at radius 3 is 2.39 bits per heavy atom. The highest BCUT2D eigenvalue weighted by atomic mass is 16.5. The molecular formula is C23H29N7O. The number of rotatable bonds is 8. The number of hydrogen-bond donors (Lipinski definition) is 2. The molecule has 1 fully saturated rings. The molecule has 2 aromatic carbocycles. The molecule has 8 heteroatoms. The highest BCUT2D eigenvalue weighted by Gasteiger charge is 2.18. The number of nitrogens with two attached hydrogens (primary N) is 1. The zero-order valence-corrected chi connectivity index (χ0v) is 17.9. The van der Waals surface area contributed by atoms with Crippen molar-refractivity contribution < 1.29 is 4.74 Å². The maximum Gasteiger partial charge on any atom is 0.232 e. The van der Waals surface area contributed by atoms with Gasteiger partial charge in [-0.1, -0.05) is 36.4 Å². The summed E-state index contributed by atoms with van der Waals surface area (Å²) >= 11 is 0. The van der Waals surface area contributed by atoms with Gasteiger partial charge in [-0.3, -0.25) is 9.80 Å². The summed E-state index contributed by atoms with van der Waals surface area (Å²) in [7, 11) is 0. The minimum atomic E-state index is 0.234. The van der Waals surface area contributed by atoms with Gasteiger partial charge in [0.1, 0.15) is 18.2 Å². The van der Waals surface area contributed by atoms with Crippen molar-refractivity contribution >= 4 is 17.6 Å². The van der Waals surface area contributed by atoms with Gasteiger partial charge in [-0.25, -0.2) is 0 Å². The minimum absolute atomic E-state index is 0.234. The topological polar surface area (TPSA) is 92.4 Å². The van der Waals surface area contributed by atoms with Crippen LogP contribution in [0.1, 0.15) is 11.4 Å². The Hall–Kier alpha value is -3.23. The van der Waals surface area contributed by atoms with E-state index in [2.05, 4.69) is 30.1 Å². The van der Waals surface area contributed by atoms with Gasteiger partial charge >= 0.3 is 0 Å². The quantitative estimate of drug-likeness (QED) is 0.576. The Kier molecular flexibility index (Phi) is 6.91. The van der Waals surface area contributed by atoms with E-state index in [0.29, 0.717) is 24.9 Å². The number of benzene rings is 2. The SMILES string of the molecule is Cc1ccccc1Nc1nc(N)nc(CN2CCN(CCOc3ccccc3)CC2)n1. The number of ether oxygens (including phenoxy) is 1. The summed E-state index contributed by atoms with van der Waals surface area (Å²) in [5, 5.41) is 3.25. The second kappa shape index (κ2) is 10.2. The van der Waals surface area contributed by atoms with Gasteiger partial charge in [0.15, 0.2) is 0 Å². The number of anilines is 3. The van der Waals surface area contributed by atoms with Crippen LogP contribution >= 0.6 is 0 Å². The fourth-order valence-electron chi connectivity index (χ4n) is 3.58. The Bertz CT molecular complexity index is 975. The number of nitrogens with one attached hydrogen (secondary N) is 1. The molecule has 162 valence electrons. The van der Waals surface area contributed by atoms with Crippen molar-refractivity contribution in [3.05, 3.63) is 66.0 Å². The minimum Gasteiger partial charge on any atom is -0.492 e. The number of nitrogens with zero attached hydrogens (tertiary/aromatic N) is 5. The van der Waals surface area contributed by atoms with Gasteiger partial charge in [-0.05, 0) is 30.7 Å². The number of aryl methyl sites for hydroxylation is 1. The first kappa shape index (κ1) is 21.0. The lowest BCUT2D eigenvalue weighted by atomic mass is 10.2. The van der Waals surface area contributed by atoms with Gasteiger partial charge in [-0.15, -0.1) is 0 Å². The second-order valence-electron chi connectivity index (χ2n) is 7.65. The van der Waals surface area contributed by atoms with E-state index in [9.17, 15) is 0 Å². The second-order valence-corrected chi connectivity index (χ2v) is 7.65. The van der Waals surface area contributed by atoms with E-state index < -0.39 is 0 Å². The van der Waals surface area contributed by atoms with E-state index in [1.165, 1.54) is 0 Å². The van der Waals surface area contributed by atoms with Crippen molar-refractivity contribution in [3.8, 4) is 5.75 Å². The van der Waals surface area contributed by atoms with Crippen molar-refractivity contribution in [2.75, 3.05) is 50.4 Å². The zero-order chi connectivity index (χ0) is 21.5. The average Bonchev–Trinajstić information content (AvgIpc) is 2.77. The third-order valence-electron chi connectivity index (χ3n) is 5.34. The molecule has 2 heterocycles. The first-order chi connectivity index (χ1) is 15.2. The van der Waals surface area contributed by atoms with Crippen molar-refractivity contribution in [3.63, 3.8) is 0 Å². The average molecular weight is 420 g/mol. The van der Waals surface area contributed by atoms with E-state index in [1.807, 2.05) is 61.5 Å². The van der Waals surface area contributed by atoms with Crippen molar-refractivity contribution in [1.82, 2.24) is 24.8 Å². The fraction of sp³-hybridized carbons (Fsp3) is 0.348. The summed E-state index contributed by atoms with van der Waals surface area (Å²) in [4.78, 5) is 17.9. The van der Waals surface area contributed by atoms with E-state index in [0.717, 1.165) is 49.7 Å². The summed E-state index contributed by atoms with van der Waals surface area (Å²) in [6.45, 7) is 8.21. The molecule has 0 radical (unpaired) electrons. The summed E-state index contributed by atoms with van der Waals surface area (Å²) < 4.78 is 5.81. The highest BCUT2D eigenvalue weighted by molar-refractivity contribution is 5.58. The maximum absolute atomic E-state index is 5.94. The van der Waals surface area contributed by atoms with Crippen LogP contribution < -0.4 is 15.8 Å². The van der Waals surface area contributed by atoms with Gasteiger partial charge in [0.2, 0.25) is 11.9 Å². The summed E-state index contributed by atoms with van der Waals surface area (Å²) in [6, 6.07) is 18.0. The summed E-state index contributed by atoms with van der Waals surface area (Å²) in [6.07, 6.45) is 0. The van der Waals surface area contributed by atoms with Crippen LogP contribution in [0.25, 0.3) is 0 Å². The molecule has 0 saturated carbocycles. The van der Waals surface area contributed by atoms with Crippen LogP contribution in [-0.4, -0.2) is 64.1 Å². The number of nitrogen functional groups attached to an aromatic ring is 1. The van der Waals surface area contributed by atoms with Gasteiger partial charge in [0, 0.05) is 38.4 Å². The molecule has 1 aliphatic rings. The Labute approximate surface area is 183 Å². The van der Waals surface area contributed by atoms with Gasteiger partial charge in [0.25, 0.3) is 0 Å². The summed E-state index contributed by atoms with van der Waals surface area (Å²) in [5.41, 5.74) is 8.02. The lowest BCUT2D eigenvalue weighted by molar-refractivity contribution is 0.111. The first-order valence-electron chi connectivity index (χ1n) is 10.6. The van der Waals surface area contributed by atoms with E-state index in [-0.39, 0.29) is 5.95 Å². The van der Waals surface area contributed by atoms with Gasteiger partial charge in [0.05, 0.1) is 6.54 Å². The molecule has 31 heavy (non-hydrogen) atoms. The smallest absolute Gasteiger partial charge is 0.232 e. The molecule has 1 aromatic heterocycles. The Morgan fingerprint density at radius 1 is 0.903 bits per heavy atom. The van der Waals surface area contributed by atoms with Crippen molar-refractivity contribution in [2.24, 2.45) is 0 Å². The van der Waals surface area contributed by atoms with Crippen LogP contribution in [0, 0.1) is 6.92 Å². The van der Waals surface area contributed by atoms with Crippen LogP contribution in [0.2, 0.25) is 0 Å². The third kappa shape index (κ3) is 6.13. The molecule has 0 aliphatic carbocycles. The zero-order valence-electron chi connectivity index (χ0n) is 17.9. The summed E-state index contributed by atoms with van der Waals surface area (Å²) in [5.74, 6) is 2.32. The molecule has 3 N–H and O–H groups in total. The first-order valence-corrected chi connectivity index (χ1v) is 10.6. The van der Waals surface area contributed by atoms with E-state index in [4.69, 9.17) is 10.5 Å². The monoisotopic (exact) mass is 419 g/mol. The predicted octanol–water partition coefficient (Wildman–Crippen LogP) is 2.70. The molecule has 0 amide bonds. The Balaban J connectivity index is 1.26. The molecule has 0 atom stereocenters. The van der Waals surface area contributed by atoms with Crippen LogP contribution in [0.3, 0.4) is 0 Å². The van der Waals surface area contributed by atoms with Crippen molar-refractivity contribution in [1.29, 1.82) is 0 Å². The molecular weight excluding hydrogens is 390 g/mol. The largest absolute Gasteiger partial charge is 0.492 e. The molecule has 1 aliphatic heterocycles. The van der Waals surface area contributed by atoms with E-state index >= 15 is 0 Å².